The van der Waals surface area contributed by atoms with E-state index in [2.05, 4.69) is 20.7 Å². The highest BCUT2D eigenvalue weighted by atomic mass is 79.9. The standard InChI is InChI=1S/C10H8BrNO3/c1-15-10(14)7-3-2-6(5-12)9(13)8(7)4-11/h2-3,13H,4H2,1H3. The van der Waals surface area contributed by atoms with Crippen LogP contribution >= 0.6 is 15.9 Å². The molecule has 0 aliphatic rings. The number of halogens is 1. The number of methoxy groups -OCH3 is 1. The van der Waals surface area contributed by atoms with Crippen LogP contribution in [-0.4, -0.2) is 18.2 Å². The topological polar surface area (TPSA) is 70.3 Å². The van der Waals surface area contributed by atoms with Gasteiger partial charge in [-0.15, -0.1) is 0 Å². The number of ether oxygens (including phenoxy) is 1. The fraction of sp³-hybridized carbons (Fsp3) is 0.200. The van der Waals surface area contributed by atoms with Gasteiger partial charge in [-0.2, -0.15) is 5.26 Å². The number of nitriles is 1. The molecule has 1 aromatic rings. The van der Waals surface area contributed by atoms with Crippen molar-refractivity contribution < 1.29 is 14.6 Å². The van der Waals surface area contributed by atoms with Crippen LogP contribution in [-0.2, 0) is 10.1 Å². The van der Waals surface area contributed by atoms with Crippen molar-refractivity contribution in [1.29, 1.82) is 5.26 Å². The number of esters is 1. The van der Waals surface area contributed by atoms with Gasteiger partial charge in [-0.3, -0.25) is 0 Å². The lowest BCUT2D eigenvalue weighted by Gasteiger charge is -2.08. The third kappa shape index (κ3) is 2.10. The number of rotatable bonds is 2. The lowest BCUT2D eigenvalue weighted by molar-refractivity contribution is 0.0599. The van der Waals surface area contributed by atoms with Crippen LogP contribution in [0.25, 0.3) is 0 Å². The van der Waals surface area contributed by atoms with Gasteiger partial charge in [0.25, 0.3) is 0 Å². The molecular formula is C10H8BrNO3. The predicted octanol–water partition coefficient (Wildman–Crippen LogP) is 1.95. The Morgan fingerprint density at radius 1 is 1.67 bits per heavy atom. The van der Waals surface area contributed by atoms with E-state index in [0.29, 0.717) is 5.56 Å². The maximum Gasteiger partial charge on any atom is 0.338 e. The number of nitrogens with zero attached hydrogens (tertiary/aromatic N) is 1. The molecule has 0 aliphatic heterocycles. The third-order valence-corrected chi connectivity index (χ3v) is 2.50. The minimum absolute atomic E-state index is 0.136. The van der Waals surface area contributed by atoms with Gasteiger partial charge in [0.15, 0.2) is 0 Å². The smallest absolute Gasteiger partial charge is 0.338 e. The van der Waals surface area contributed by atoms with Crippen molar-refractivity contribution in [2.45, 2.75) is 5.33 Å². The molecule has 0 saturated heterocycles. The number of hydrogen-bond donors (Lipinski definition) is 1. The molecule has 0 fully saturated rings. The molecule has 0 aliphatic carbocycles. The van der Waals surface area contributed by atoms with Crippen molar-refractivity contribution in [1.82, 2.24) is 0 Å². The average Bonchev–Trinajstić information content (AvgIpc) is 2.27. The van der Waals surface area contributed by atoms with Crippen molar-refractivity contribution >= 4 is 21.9 Å². The van der Waals surface area contributed by atoms with Gasteiger partial charge in [-0.25, -0.2) is 4.79 Å². The summed E-state index contributed by atoms with van der Waals surface area (Å²) in [5.41, 5.74) is 0.754. The highest BCUT2D eigenvalue weighted by Gasteiger charge is 2.17. The molecule has 0 radical (unpaired) electrons. The quantitative estimate of drug-likeness (QED) is 0.658. The summed E-state index contributed by atoms with van der Waals surface area (Å²) < 4.78 is 4.55. The summed E-state index contributed by atoms with van der Waals surface area (Å²) in [5, 5.41) is 18.6. The Morgan fingerprint density at radius 3 is 2.80 bits per heavy atom. The zero-order valence-corrected chi connectivity index (χ0v) is 9.54. The van der Waals surface area contributed by atoms with E-state index < -0.39 is 5.97 Å². The first-order chi connectivity index (χ1) is 7.15. The average molecular weight is 270 g/mol. The predicted molar refractivity (Wildman–Crippen MR) is 56.8 cm³/mol. The van der Waals surface area contributed by atoms with E-state index in [0.717, 1.165) is 0 Å². The van der Waals surface area contributed by atoms with Crippen LogP contribution in [0.5, 0.6) is 5.75 Å². The van der Waals surface area contributed by atoms with E-state index in [1.165, 1.54) is 19.2 Å². The van der Waals surface area contributed by atoms with E-state index in [-0.39, 0.29) is 22.2 Å². The summed E-state index contributed by atoms with van der Waals surface area (Å²) in [6.07, 6.45) is 0. The van der Waals surface area contributed by atoms with Crippen LogP contribution in [0.3, 0.4) is 0 Å². The maximum atomic E-state index is 11.3. The zero-order chi connectivity index (χ0) is 11.4. The van der Waals surface area contributed by atoms with E-state index in [9.17, 15) is 9.90 Å². The van der Waals surface area contributed by atoms with Crippen LogP contribution in [0.2, 0.25) is 0 Å². The molecule has 1 rings (SSSR count). The fourth-order valence-corrected chi connectivity index (χ4v) is 1.73. The summed E-state index contributed by atoms with van der Waals surface area (Å²) >= 11 is 3.14. The number of phenols is 1. The molecule has 0 unspecified atom stereocenters. The molecule has 0 heterocycles. The van der Waals surface area contributed by atoms with Gasteiger partial charge in [-0.1, -0.05) is 15.9 Å². The van der Waals surface area contributed by atoms with Gasteiger partial charge in [-0.05, 0) is 12.1 Å². The van der Waals surface area contributed by atoms with Crippen LogP contribution in [0, 0.1) is 11.3 Å². The number of carbonyl (C=O) groups is 1. The number of hydrogen-bond acceptors (Lipinski definition) is 4. The molecule has 0 saturated carbocycles. The number of aromatic hydroxyl groups is 1. The van der Waals surface area contributed by atoms with Gasteiger partial charge in [0.05, 0.1) is 18.2 Å². The largest absolute Gasteiger partial charge is 0.506 e. The Hall–Kier alpha value is -1.54. The van der Waals surface area contributed by atoms with Gasteiger partial charge in [0, 0.05) is 10.9 Å². The second kappa shape index (κ2) is 4.80. The lowest BCUT2D eigenvalue weighted by atomic mass is 10.0. The van der Waals surface area contributed by atoms with Crippen LogP contribution in [0.4, 0.5) is 0 Å². The lowest BCUT2D eigenvalue weighted by Crippen LogP contribution is -2.05. The normalized spacial score (nSPS) is 9.40. The number of alkyl halides is 1. The van der Waals surface area contributed by atoms with Gasteiger partial charge in [0.2, 0.25) is 0 Å². The number of benzene rings is 1. The van der Waals surface area contributed by atoms with Crippen LogP contribution < -0.4 is 0 Å². The molecule has 1 N–H and O–H groups in total. The van der Waals surface area contributed by atoms with E-state index in [4.69, 9.17) is 5.26 Å². The molecule has 1 aromatic carbocycles. The molecule has 15 heavy (non-hydrogen) atoms. The molecule has 5 heteroatoms. The highest BCUT2D eigenvalue weighted by molar-refractivity contribution is 9.08. The van der Waals surface area contributed by atoms with Crippen molar-refractivity contribution in [3.05, 3.63) is 28.8 Å². The van der Waals surface area contributed by atoms with Crippen molar-refractivity contribution in [3.63, 3.8) is 0 Å². The second-order valence-corrected chi connectivity index (χ2v) is 3.29. The molecule has 0 atom stereocenters. The van der Waals surface area contributed by atoms with E-state index in [1.54, 1.807) is 0 Å². The Kier molecular flexibility index (Phi) is 3.69. The minimum Gasteiger partial charge on any atom is -0.506 e. The fourth-order valence-electron chi connectivity index (χ4n) is 1.16. The molecule has 4 nitrogen and oxygen atoms in total. The third-order valence-electron chi connectivity index (χ3n) is 1.94. The van der Waals surface area contributed by atoms with E-state index >= 15 is 0 Å². The van der Waals surface area contributed by atoms with Crippen LogP contribution in [0.1, 0.15) is 21.5 Å². The second-order valence-electron chi connectivity index (χ2n) is 2.72. The molecule has 0 amide bonds. The van der Waals surface area contributed by atoms with Gasteiger partial charge in [0.1, 0.15) is 11.8 Å². The SMILES string of the molecule is COC(=O)c1ccc(C#N)c(O)c1CBr. The van der Waals surface area contributed by atoms with E-state index in [1.807, 2.05) is 6.07 Å². The van der Waals surface area contributed by atoms with Gasteiger partial charge >= 0.3 is 5.97 Å². The summed E-state index contributed by atoms with van der Waals surface area (Å²) in [6, 6.07) is 4.67. The minimum atomic E-state index is -0.538. The van der Waals surface area contributed by atoms with Crippen molar-refractivity contribution in [2.75, 3.05) is 7.11 Å². The first kappa shape index (κ1) is 11.5. The summed E-state index contributed by atoms with van der Waals surface area (Å²) in [5.74, 6) is -0.721. The van der Waals surface area contributed by atoms with Crippen molar-refractivity contribution in [2.24, 2.45) is 0 Å². The number of carbonyl (C=O) groups excluding carboxylic acids is 1. The maximum absolute atomic E-state index is 11.3. The van der Waals surface area contributed by atoms with Crippen LogP contribution in [0.15, 0.2) is 12.1 Å². The highest BCUT2D eigenvalue weighted by Crippen LogP contribution is 2.28. The summed E-state index contributed by atoms with van der Waals surface area (Å²) in [4.78, 5) is 11.3. The first-order valence-corrected chi connectivity index (χ1v) is 5.17. The van der Waals surface area contributed by atoms with Crippen molar-refractivity contribution in [3.8, 4) is 11.8 Å². The molecule has 0 spiro atoms. The summed E-state index contributed by atoms with van der Waals surface area (Å²) in [6.45, 7) is 0. The Bertz CT molecular complexity index is 437. The zero-order valence-electron chi connectivity index (χ0n) is 7.95. The van der Waals surface area contributed by atoms with Gasteiger partial charge < -0.3 is 9.84 Å². The molecule has 0 aromatic heterocycles. The molecule has 0 bridgehead atoms. The Morgan fingerprint density at radius 2 is 2.33 bits per heavy atom. The Labute approximate surface area is 95.2 Å². The summed E-state index contributed by atoms with van der Waals surface area (Å²) in [7, 11) is 1.26. The Balaban J connectivity index is 3.39. The molecule has 78 valence electrons. The first-order valence-electron chi connectivity index (χ1n) is 4.05. The monoisotopic (exact) mass is 269 g/mol. The number of phenolic OH excluding ortho intramolecular Hbond substituents is 1. The molecular weight excluding hydrogens is 262 g/mol.